The number of halogens is 2. The van der Waals surface area contributed by atoms with Crippen LogP contribution in [0.25, 0.3) is 0 Å². The van der Waals surface area contributed by atoms with E-state index in [1.54, 1.807) is 0 Å². The van der Waals surface area contributed by atoms with Gasteiger partial charge in [0.2, 0.25) is 0 Å². The summed E-state index contributed by atoms with van der Waals surface area (Å²) in [6.07, 6.45) is 1.86. The first-order valence-electron chi connectivity index (χ1n) is 5.94. The highest BCUT2D eigenvalue weighted by Crippen LogP contribution is 2.15. The van der Waals surface area contributed by atoms with E-state index in [-0.39, 0.29) is 10.6 Å². The highest BCUT2D eigenvalue weighted by atomic mass is 35.5. The van der Waals surface area contributed by atoms with Gasteiger partial charge in [-0.2, -0.15) is 0 Å². The lowest BCUT2D eigenvalue weighted by Crippen LogP contribution is -2.40. The van der Waals surface area contributed by atoms with Crippen LogP contribution in [0.1, 0.15) is 36.5 Å². The Morgan fingerprint density at radius 2 is 2.16 bits per heavy atom. The molecule has 0 radical (unpaired) electrons. The van der Waals surface area contributed by atoms with Crippen molar-refractivity contribution in [2.45, 2.75) is 32.2 Å². The number of carbonyl (C=O) groups excluding carboxylic acids is 1. The molecule has 0 bridgehead atoms. The second kappa shape index (κ2) is 7.09. The Hall–Kier alpha value is -1.62. The van der Waals surface area contributed by atoms with Gasteiger partial charge < -0.3 is 10.4 Å². The summed E-state index contributed by atoms with van der Waals surface area (Å²) in [5, 5.41) is 11.3. The maximum absolute atomic E-state index is 13.2. The highest BCUT2D eigenvalue weighted by molar-refractivity contribution is 6.30. The fraction of sp³-hybridized carbons (Fsp3) is 0.385. The van der Waals surface area contributed by atoms with Crippen molar-refractivity contribution in [1.29, 1.82) is 0 Å². The third-order valence-electron chi connectivity index (χ3n) is 2.63. The molecule has 1 aromatic rings. The van der Waals surface area contributed by atoms with Crippen molar-refractivity contribution >= 4 is 23.5 Å². The number of amides is 1. The van der Waals surface area contributed by atoms with Crippen LogP contribution in [-0.2, 0) is 4.79 Å². The van der Waals surface area contributed by atoms with Gasteiger partial charge in [0.1, 0.15) is 11.9 Å². The minimum absolute atomic E-state index is 0.0460. The number of rotatable bonds is 6. The zero-order valence-corrected chi connectivity index (χ0v) is 11.2. The minimum atomic E-state index is -1.10. The second-order valence-electron chi connectivity index (χ2n) is 4.14. The van der Waals surface area contributed by atoms with Crippen molar-refractivity contribution in [3.05, 3.63) is 34.6 Å². The molecule has 6 heteroatoms. The smallest absolute Gasteiger partial charge is 0.326 e. The van der Waals surface area contributed by atoms with Gasteiger partial charge in [0.15, 0.2) is 0 Å². The first-order chi connectivity index (χ1) is 8.95. The predicted octanol–water partition coefficient (Wildman–Crippen LogP) is 2.85. The van der Waals surface area contributed by atoms with E-state index in [1.165, 1.54) is 12.1 Å². The van der Waals surface area contributed by atoms with Crippen LogP contribution in [0.5, 0.6) is 0 Å². The Kier molecular flexibility index (Phi) is 5.76. The molecule has 2 N–H and O–H groups in total. The van der Waals surface area contributed by atoms with E-state index in [0.29, 0.717) is 12.8 Å². The van der Waals surface area contributed by atoms with E-state index in [9.17, 15) is 14.0 Å². The van der Waals surface area contributed by atoms with Crippen molar-refractivity contribution in [3.63, 3.8) is 0 Å². The third kappa shape index (κ3) is 4.52. The van der Waals surface area contributed by atoms with Gasteiger partial charge >= 0.3 is 5.97 Å². The normalized spacial score (nSPS) is 11.9. The molecule has 1 amide bonds. The van der Waals surface area contributed by atoms with Crippen molar-refractivity contribution in [2.24, 2.45) is 0 Å². The second-order valence-corrected chi connectivity index (χ2v) is 4.54. The Bertz CT molecular complexity index is 479. The van der Waals surface area contributed by atoms with E-state index in [1.807, 2.05) is 6.92 Å². The lowest BCUT2D eigenvalue weighted by molar-refractivity contribution is -0.139. The molecule has 0 fully saturated rings. The number of carbonyl (C=O) groups is 2. The Morgan fingerprint density at radius 3 is 2.68 bits per heavy atom. The van der Waals surface area contributed by atoms with Gasteiger partial charge in [-0.05, 0) is 24.6 Å². The Morgan fingerprint density at radius 1 is 1.47 bits per heavy atom. The lowest BCUT2D eigenvalue weighted by Gasteiger charge is -2.14. The van der Waals surface area contributed by atoms with Gasteiger partial charge in [0.25, 0.3) is 5.91 Å². The van der Waals surface area contributed by atoms with Crippen LogP contribution in [-0.4, -0.2) is 23.0 Å². The SMILES string of the molecule is CCCC[C@H](NC(=O)c1ccc(Cl)c(F)c1)C(=O)O. The van der Waals surface area contributed by atoms with E-state index in [0.717, 1.165) is 12.5 Å². The fourth-order valence-corrected chi connectivity index (χ4v) is 1.66. The van der Waals surface area contributed by atoms with Gasteiger partial charge in [0, 0.05) is 5.56 Å². The Labute approximate surface area is 115 Å². The third-order valence-corrected chi connectivity index (χ3v) is 2.94. The number of aliphatic carboxylic acids is 1. The molecule has 0 spiro atoms. The van der Waals surface area contributed by atoms with Crippen molar-refractivity contribution in [1.82, 2.24) is 5.32 Å². The van der Waals surface area contributed by atoms with Gasteiger partial charge in [-0.25, -0.2) is 9.18 Å². The summed E-state index contributed by atoms with van der Waals surface area (Å²) in [6.45, 7) is 1.93. The van der Waals surface area contributed by atoms with Crippen molar-refractivity contribution < 1.29 is 19.1 Å². The van der Waals surface area contributed by atoms with Crippen LogP contribution in [0.15, 0.2) is 18.2 Å². The number of carboxylic acids is 1. The lowest BCUT2D eigenvalue weighted by atomic mass is 10.1. The number of nitrogens with one attached hydrogen (secondary N) is 1. The topological polar surface area (TPSA) is 66.4 Å². The van der Waals surface area contributed by atoms with Crippen LogP contribution in [0.3, 0.4) is 0 Å². The van der Waals surface area contributed by atoms with Crippen LogP contribution in [0.4, 0.5) is 4.39 Å². The summed E-state index contributed by atoms with van der Waals surface area (Å²) in [7, 11) is 0. The van der Waals surface area contributed by atoms with Gasteiger partial charge in [0.05, 0.1) is 5.02 Å². The van der Waals surface area contributed by atoms with Crippen molar-refractivity contribution in [2.75, 3.05) is 0 Å². The van der Waals surface area contributed by atoms with E-state index >= 15 is 0 Å². The molecule has 1 aromatic carbocycles. The molecule has 1 rings (SSSR count). The molecule has 19 heavy (non-hydrogen) atoms. The van der Waals surface area contributed by atoms with E-state index in [2.05, 4.69) is 5.32 Å². The predicted molar refractivity (Wildman–Crippen MR) is 69.8 cm³/mol. The molecular formula is C13H15ClFNO3. The number of benzene rings is 1. The average molecular weight is 288 g/mol. The maximum atomic E-state index is 13.2. The maximum Gasteiger partial charge on any atom is 0.326 e. The van der Waals surface area contributed by atoms with Crippen LogP contribution in [0.2, 0.25) is 5.02 Å². The summed E-state index contributed by atoms with van der Waals surface area (Å²) in [6, 6.07) is 2.62. The zero-order valence-electron chi connectivity index (χ0n) is 10.5. The highest BCUT2D eigenvalue weighted by Gasteiger charge is 2.20. The average Bonchev–Trinajstić information content (AvgIpc) is 2.37. The van der Waals surface area contributed by atoms with Crippen molar-refractivity contribution in [3.8, 4) is 0 Å². The molecule has 0 aliphatic heterocycles. The molecule has 0 saturated carbocycles. The molecule has 0 aromatic heterocycles. The summed E-state index contributed by atoms with van der Waals surface area (Å²) in [4.78, 5) is 22.8. The number of hydrogen-bond donors (Lipinski definition) is 2. The summed E-state index contributed by atoms with van der Waals surface area (Å²) >= 11 is 5.51. The molecule has 4 nitrogen and oxygen atoms in total. The Balaban J connectivity index is 2.75. The first-order valence-corrected chi connectivity index (χ1v) is 6.32. The van der Waals surface area contributed by atoms with Gasteiger partial charge in [-0.15, -0.1) is 0 Å². The van der Waals surface area contributed by atoms with E-state index in [4.69, 9.17) is 16.7 Å². The standard InChI is InChI=1S/C13H15ClFNO3/c1-2-3-4-11(13(18)19)16-12(17)8-5-6-9(14)10(15)7-8/h5-7,11H,2-4H2,1H3,(H,16,17)(H,18,19)/t11-/m0/s1. The summed E-state index contributed by atoms with van der Waals surface area (Å²) in [5.41, 5.74) is 0.0460. The number of unbranched alkanes of at least 4 members (excludes halogenated alkanes) is 1. The molecule has 104 valence electrons. The molecule has 0 saturated heterocycles. The fourth-order valence-electron chi connectivity index (χ4n) is 1.54. The quantitative estimate of drug-likeness (QED) is 0.845. The summed E-state index contributed by atoms with van der Waals surface area (Å²) < 4.78 is 13.2. The van der Waals surface area contributed by atoms with Crippen LogP contribution < -0.4 is 5.32 Å². The molecule has 1 atom stereocenters. The molecule has 0 heterocycles. The van der Waals surface area contributed by atoms with Gasteiger partial charge in [-0.3, -0.25) is 4.79 Å². The monoisotopic (exact) mass is 287 g/mol. The largest absolute Gasteiger partial charge is 0.480 e. The molecule has 0 aliphatic rings. The van der Waals surface area contributed by atoms with Gasteiger partial charge in [-0.1, -0.05) is 31.4 Å². The van der Waals surface area contributed by atoms with Crippen LogP contribution in [0, 0.1) is 5.82 Å². The van der Waals surface area contributed by atoms with Crippen LogP contribution >= 0.6 is 11.6 Å². The summed E-state index contributed by atoms with van der Waals surface area (Å²) in [5.74, 6) is -2.44. The zero-order chi connectivity index (χ0) is 14.4. The number of hydrogen-bond acceptors (Lipinski definition) is 2. The minimum Gasteiger partial charge on any atom is -0.480 e. The molecular weight excluding hydrogens is 273 g/mol. The molecule has 0 aliphatic carbocycles. The molecule has 0 unspecified atom stereocenters. The number of carboxylic acid groups (broad SMARTS) is 1. The first kappa shape index (κ1) is 15.4. The van der Waals surface area contributed by atoms with E-state index < -0.39 is 23.7 Å².